The highest BCUT2D eigenvalue weighted by molar-refractivity contribution is 9.10. The fourth-order valence-corrected chi connectivity index (χ4v) is 3.52. The summed E-state index contributed by atoms with van der Waals surface area (Å²) in [5.41, 5.74) is 2.64. The molecule has 0 aromatic heterocycles. The quantitative estimate of drug-likeness (QED) is 0.347. The highest BCUT2D eigenvalue weighted by Gasteiger charge is 2.14. The lowest BCUT2D eigenvalue weighted by atomic mass is 9.98. The van der Waals surface area contributed by atoms with Crippen molar-refractivity contribution in [3.05, 3.63) is 95.0 Å². The zero-order valence-electron chi connectivity index (χ0n) is 16.2. The molecule has 0 radical (unpaired) electrons. The molecular weight excluding hydrogens is 426 g/mol. The summed E-state index contributed by atoms with van der Waals surface area (Å²) in [7, 11) is 3.51. The fraction of sp³-hybridized carbons (Fsp3) is 0.0800. The minimum absolute atomic E-state index is 0.0126. The summed E-state index contributed by atoms with van der Waals surface area (Å²) in [5.74, 6) is 1.56. The summed E-state index contributed by atoms with van der Waals surface area (Å²) >= 11 is 3.46. The van der Waals surface area contributed by atoms with Gasteiger partial charge in [-0.05, 0) is 53.4 Å². The van der Waals surface area contributed by atoms with Crippen molar-refractivity contribution in [2.75, 3.05) is 14.1 Å². The average Bonchev–Trinajstić information content (AvgIpc) is 2.75. The van der Waals surface area contributed by atoms with E-state index in [2.05, 4.69) is 40.2 Å². The molecule has 4 aromatic carbocycles. The largest absolute Gasteiger partial charge is 0.456 e. The van der Waals surface area contributed by atoms with Gasteiger partial charge in [-0.3, -0.25) is 4.79 Å². The van der Waals surface area contributed by atoms with Crippen molar-refractivity contribution in [3.8, 4) is 22.6 Å². The van der Waals surface area contributed by atoms with Crippen molar-refractivity contribution in [1.29, 1.82) is 0 Å². The monoisotopic (exact) mass is 445 g/mol. The van der Waals surface area contributed by atoms with Crippen molar-refractivity contribution in [3.63, 3.8) is 0 Å². The van der Waals surface area contributed by atoms with Crippen LogP contribution < -0.4 is 4.74 Å². The molecule has 0 N–H and O–H groups in total. The molecule has 4 rings (SSSR count). The molecule has 0 spiro atoms. The molecule has 4 aromatic rings. The van der Waals surface area contributed by atoms with Crippen molar-refractivity contribution in [1.82, 2.24) is 4.90 Å². The van der Waals surface area contributed by atoms with Gasteiger partial charge in [-0.15, -0.1) is 0 Å². The second-order valence-corrected chi connectivity index (χ2v) is 7.91. The minimum Gasteiger partial charge on any atom is -0.456 e. The van der Waals surface area contributed by atoms with E-state index in [-0.39, 0.29) is 5.91 Å². The molecule has 0 aliphatic rings. The second-order valence-electron chi connectivity index (χ2n) is 7.00. The van der Waals surface area contributed by atoms with E-state index in [0.29, 0.717) is 5.56 Å². The fourth-order valence-electron chi connectivity index (χ4n) is 3.25. The van der Waals surface area contributed by atoms with E-state index in [1.54, 1.807) is 19.0 Å². The van der Waals surface area contributed by atoms with Gasteiger partial charge in [-0.2, -0.15) is 0 Å². The third-order valence-corrected chi connectivity index (χ3v) is 5.29. The smallest absolute Gasteiger partial charge is 0.253 e. The lowest BCUT2D eigenvalue weighted by Gasteiger charge is -2.15. The van der Waals surface area contributed by atoms with Gasteiger partial charge in [0.25, 0.3) is 5.91 Å². The predicted octanol–water partition coefficient (Wildman–Crippen LogP) is 6.76. The Bertz CT molecular complexity index is 1170. The Morgan fingerprint density at radius 2 is 1.52 bits per heavy atom. The van der Waals surface area contributed by atoms with E-state index in [1.807, 2.05) is 60.7 Å². The Kier molecular flexibility index (Phi) is 5.36. The van der Waals surface area contributed by atoms with Crippen LogP contribution in [0.2, 0.25) is 0 Å². The predicted molar refractivity (Wildman–Crippen MR) is 122 cm³/mol. The highest BCUT2D eigenvalue weighted by Crippen LogP contribution is 2.39. The van der Waals surface area contributed by atoms with Crippen molar-refractivity contribution >= 4 is 32.6 Å². The number of carbonyl (C=O) groups is 1. The molecule has 144 valence electrons. The number of hydrogen-bond donors (Lipinski definition) is 0. The van der Waals surface area contributed by atoms with Crippen LogP contribution in [0, 0.1) is 0 Å². The number of benzene rings is 4. The number of carbonyl (C=O) groups excluding carboxylic acids is 1. The molecule has 0 saturated heterocycles. The number of rotatable bonds is 4. The van der Waals surface area contributed by atoms with Gasteiger partial charge in [0.1, 0.15) is 11.5 Å². The average molecular weight is 446 g/mol. The maximum Gasteiger partial charge on any atom is 0.253 e. The molecule has 0 unspecified atom stereocenters. The first-order chi connectivity index (χ1) is 14.0. The summed E-state index contributed by atoms with van der Waals surface area (Å²) in [5, 5.41) is 2.16. The number of ether oxygens (including phenoxy) is 1. The molecule has 1 amide bonds. The van der Waals surface area contributed by atoms with E-state index in [9.17, 15) is 4.79 Å². The Morgan fingerprint density at radius 1 is 0.828 bits per heavy atom. The summed E-state index contributed by atoms with van der Waals surface area (Å²) in [4.78, 5) is 13.8. The number of fused-ring (bicyclic) bond motifs is 1. The third kappa shape index (κ3) is 4.03. The van der Waals surface area contributed by atoms with Crippen LogP contribution >= 0.6 is 15.9 Å². The molecule has 0 heterocycles. The standard InChI is InChI=1S/C25H20BrNO2/c1-27(2)25(28)19-9-7-18(8-10-19)23-16-11-17-5-3-4-6-22(17)24(23)29-21-14-12-20(26)13-15-21/h3-16H,1-2H3. The molecule has 0 bridgehead atoms. The summed E-state index contributed by atoms with van der Waals surface area (Å²) in [6, 6.07) is 27.8. The van der Waals surface area contributed by atoms with E-state index < -0.39 is 0 Å². The van der Waals surface area contributed by atoms with E-state index in [4.69, 9.17) is 4.74 Å². The molecule has 29 heavy (non-hydrogen) atoms. The number of halogens is 1. The SMILES string of the molecule is CN(C)C(=O)c1ccc(-c2ccc3ccccc3c2Oc2ccc(Br)cc2)cc1. The van der Waals surface area contributed by atoms with Crippen LogP contribution in [0.5, 0.6) is 11.5 Å². The van der Waals surface area contributed by atoms with Crippen LogP contribution in [0.4, 0.5) is 0 Å². The van der Waals surface area contributed by atoms with Crippen molar-refractivity contribution in [2.24, 2.45) is 0 Å². The van der Waals surface area contributed by atoms with Gasteiger partial charge in [0.15, 0.2) is 0 Å². The topological polar surface area (TPSA) is 29.5 Å². The van der Waals surface area contributed by atoms with E-state index >= 15 is 0 Å². The summed E-state index contributed by atoms with van der Waals surface area (Å²) in [6.45, 7) is 0. The van der Waals surface area contributed by atoms with Gasteiger partial charge in [-0.25, -0.2) is 0 Å². The molecule has 0 atom stereocenters. The Morgan fingerprint density at radius 3 is 2.21 bits per heavy atom. The molecule has 3 nitrogen and oxygen atoms in total. The lowest BCUT2D eigenvalue weighted by Crippen LogP contribution is -2.21. The van der Waals surface area contributed by atoms with Gasteiger partial charge in [0.2, 0.25) is 0 Å². The van der Waals surface area contributed by atoms with Crippen molar-refractivity contribution in [2.45, 2.75) is 0 Å². The highest BCUT2D eigenvalue weighted by atomic mass is 79.9. The molecule has 0 saturated carbocycles. The van der Waals surface area contributed by atoms with Gasteiger partial charge in [0, 0.05) is 35.1 Å². The third-order valence-electron chi connectivity index (χ3n) is 4.76. The summed E-state index contributed by atoms with van der Waals surface area (Å²) < 4.78 is 7.36. The Balaban J connectivity index is 1.81. The van der Waals surface area contributed by atoms with Crippen LogP contribution in [-0.4, -0.2) is 24.9 Å². The number of amides is 1. The first kappa shape index (κ1) is 19.2. The molecule has 0 fully saturated rings. The maximum absolute atomic E-state index is 12.2. The van der Waals surface area contributed by atoms with Crippen LogP contribution in [0.1, 0.15) is 10.4 Å². The van der Waals surface area contributed by atoms with Crippen LogP contribution in [0.15, 0.2) is 89.4 Å². The molecular formula is C25H20BrNO2. The van der Waals surface area contributed by atoms with Gasteiger partial charge in [-0.1, -0.05) is 58.4 Å². The molecule has 4 heteroatoms. The van der Waals surface area contributed by atoms with Crippen LogP contribution in [-0.2, 0) is 0 Å². The maximum atomic E-state index is 12.2. The van der Waals surface area contributed by atoms with Gasteiger partial charge in [0.05, 0.1) is 0 Å². The lowest BCUT2D eigenvalue weighted by molar-refractivity contribution is 0.0827. The van der Waals surface area contributed by atoms with Crippen LogP contribution in [0.25, 0.3) is 21.9 Å². The second kappa shape index (κ2) is 8.10. The van der Waals surface area contributed by atoms with Crippen LogP contribution in [0.3, 0.4) is 0 Å². The van der Waals surface area contributed by atoms with E-state index in [0.717, 1.165) is 37.9 Å². The zero-order valence-corrected chi connectivity index (χ0v) is 17.8. The van der Waals surface area contributed by atoms with Crippen molar-refractivity contribution < 1.29 is 9.53 Å². The zero-order chi connectivity index (χ0) is 20.4. The molecule has 0 aliphatic heterocycles. The number of hydrogen-bond acceptors (Lipinski definition) is 2. The van der Waals surface area contributed by atoms with Gasteiger partial charge >= 0.3 is 0 Å². The first-order valence-corrected chi connectivity index (χ1v) is 10.1. The molecule has 0 aliphatic carbocycles. The number of nitrogens with zero attached hydrogens (tertiary/aromatic N) is 1. The normalized spacial score (nSPS) is 10.7. The Labute approximate surface area is 178 Å². The first-order valence-electron chi connectivity index (χ1n) is 9.30. The van der Waals surface area contributed by atoms with Gasteiger partial charge < -0.3 is 9.64 Å². The van der Waals surface area contributed by atoms with E-state index in [1.165, 1.54) is 0 Å². The summed E-state index contributed by atoms with van der Waals surface area (Å²) in [6.07, 6.45) is 0. The Hall–Kier alpha value is -3.11. The minimum atomic E-state index is -0.0126.